The molecule has 1 aromatic carbocycles. The molecule has 1 amide bonds. The Morgan fingerprint density at radius 1 is 1.27 bits per heavy atom. The van der Waals surface area contributed by atoms with E-state index in [1.54, 1.807) is 29.2 Å². The summed E-state index contributed by atoms with van der Waals surface area (Å²) >= 11 is 0. The van der Waals surface area contributed by atoms with Gasteiger partial charge in [-0.25, -0.2) is 4.39 Å². The van der Waals surface area contributed by atoms with E-state index in [-0.39, 0.29) is 17.8 Å². The standard InChI is InChI=1S/C19H20FN3O3/c1-3-13(2)23(19(24)16-5-4-12-25-16)11-10-17-21-18(22-26-17)14-6-8-15(20)9-7-14/h4-9,12-13H,3,10-11H2,1-2H3/t13-/m1/s1. The fourth-order valence-electron chi connectivity index (χ4n) is 2.57. The first-order valence-corrected chi connectivity index (χ1v) is 8.51. The molecule has 0 saturated heterocycles. The molecule has 26 heavy (non-hydrogen) atoms. The highest BCUT2D eigenvalue weighted by Gasteiger charge is 2.23. The molecule has 136 valence electrons. The van der Waals surface area contributed by atoms with Crippen LogP contribution in [0.1, 0.15) is 36.7 Å². The van der Waals surface area contributed by atoms with E-state index in [2.05, 4.69) is 10.1 Å². The van der Waals surface area contributed by atoms with Crippen LogP contribution in [0.15, 0.2) is 51.6 Å². The molecule has 2 heterocycles. The van der Waals surface area contributed by atoms with Gasteiger partial charge in [0.05, 0.1) is 6.26 Å². The van der Waals surface area contributed by atoms with Gasteiger partial charge < -0.3 is 13.8 Å². The van der Waals surface area contributed by atoms with Crippen LogP contribution in [0.5, 0.6) is 0 Å². The van der Waals surface area contributed by atoms with Gasteiger partial charge in [0.2, 0.25) is 11.7 Å². The molecule has 0 saturated carbocycles. The molecule has 0 N–H and O–H groups in total. The van der Waals surface area contributed by atoms with Crippen LogP contribution in [-0.2, 0) is 6.42 Å². The maximum atomic E-state index is 13.0. The Hall–Kier alpha value is -2.96. The van der Waals surface area contributed by atoms with Crippen molar-refractivity contribution in [2.24, 2.45) is 0 Å². The van der Waals surface area contributed by atoms with Crippen molar-refractivity contribution < 1.29 is 18.1 Å². The molecule has 0 radical (unpaired) electrons. The van der Waals surface area contributed by atoms with Gasteiger partial charge in [-0.3, -0.25) is 4.79 Å². The first kappa shape index (κ1) is 17.8. The van der Waals surface area contributed by atoms with Crippen molar-refractivity contribution in [1.82, 2.24) is 15.0 Å². The molecule has 0 fully saturated rings. The van der Waals surface area contributed by atoms with Crippen molar-refractivity contribution in [2.75, 3.05) is 6.54 Å². The number of amides is 1. The van der Waals surface area contributed by atoms with E-state index in [0.29, 0.717) is 36.0 Å². The molecule has 2 aromatic heterocycles. The number of halogens is 1. The van der Waals surface area contributed by atoms with E-state index in [4.69, 9.17) is 8.94 Å². The van der Waals surface area contributed by atoms with E-state index < -0.39 is 0 Å². The number of rotatable bonds is 7. The lowest BCUT2D eigenvalue weighted by Gasteiger charge is -2.27. The minimum Gasteiger partial charge on any atom is -0.459 e. The normalized spacial score (nSPS) is 12.1. The monoisotopic (exact) mass is 357 g/mol. The largest absolute Gasteiger partial charge is 0.459 e. The summed E-state index contributed by atoms with van der Waals surface area (Å²) in [5.41, 5.74) is 0.673. The van der Waals surface area contributed by atoms with Gasteiger partial charge in [-0.15, -0.1) is 0 Å². The van der Waals surface area contributed by atoms with Gasteiger partial charge >= 0.3 is 0 Å². The number of benzene rings is 1. The molecule has 0 spiro atoms. The van der Waals surface area contributed by atoms with Crippen LogP contribution in [0.25, 0.3) is 11.4 Å². The summed E-state index contributed by atoms with van der Waals surface area (Å²) in [6, 6.07) is 9.26. The SMILES string of the molecule is CC[C@@H](C)N(CCc1nc(-c2ccc(F)cc2)no1)C(=O)c1ccco1. The quantitative estimate of drug-likeness (QED) is 0.640. The van der Waals surface area contributed by atoms with E-state index in [0.717, 1.165) is 6.42 Å². The van der Waals surface area contributed by atoms with Crippen molar-refractivity contribution >= 4 is 5.91 Å². The lowest BCUT2D eigenvalue weighted by molar-refractivity contribution is 0.0654. The summed E-state index contributed by atoms with van der Waals surface area (Å²) in [6.45, 7) is 4.44. The van der Waals surface area contributed by atoms with Crippen molar-refractivity contribution in [3.63, 3.8) is 0 Å². The van der Waals surface area contributed by atoms with Crippen molar-refractivity contribution in [3.8, 4) is 11.4 Å². The number of nitrogens with zero attached hydrogens (tertiary/aromatic N) is 3. The summed E-state index contributed by atoms with van der Waals surface area (Å²) in [5.74, 6) is 0.640. The summed E-state index contributed by atoms with van der Waals surface area (Å²) in [5, 5.41) is 3.92. The molecule has 0 unspecified atom stereocenters. The van der Waals surface area contributed by atoms with Gasteiger partial charge in [0.1, 0.15) is 5.82 Å². The molecule has 3 rings (SSSR count). The van der Waals surface area contributed by atoms with E-state index in [1.165, 1.54) is 18.4 Å². The number of hydrogen-bond donors (Lipinski definition) is 0. The van der Waals surface area contributed by atoms with Crippen molar-refractivity contribution in [1.29, 1.82) is 0 Å². The van der Waals surface area contributed by atoms with E-state index >= 15 is 0 Å². The zero-order valence-corrected chi connectivity index (χ0v) is 14.7. The number of hydrogen-bond acceptors (Lipinski definition) is 5. The average Bonchev–Trinajstić information content (AvgIpc) is 3.34. The highest BCUT2D eigenvalue weighted by Crippen LogP contribution is 2.17. The molecule has 0 bridgehead atoms. The van der Waals surface area contributed by atoms with Crippen LogP contribution in [0.4, 0.5) is 4.39 Å². The predicted octanol–water partition coefficient (Wildman–Crippen LogP) is 3.95. The molecule has 3 aromatic rings. The van der Waals surface area contributed by atoms with Crippen LogP contribution in [0, 0.1) is 5.82 Å². The van der Waals surface area contributed by atoms with Crippen LogP contribution in [0.2, 0.25) is 0 Å². The van der Waals surface area contributed by atoms with Crippen LogP contribution >= 0.6 is 0 Å². The number of furan rings is 1. The first-order chi connectivity index (χ1) is 12.6. The first-order valence-electron chi connectivity index (χ1n) is 8.51. The molecule has 7 heteroatoms. The molecule has 0 aliphatic carbocycles. The Kier molecular flexibility index (Phi) is 5.46. The molecule has 0 aliphatic rings. The van der Waals surface area contributed by atoms with Crippen molar-refractivity contribution in [2.45, 2.75) is 32.7 Å². The second-order valence-electron chi connectivity index (χ2n) is 6.00. The zero-order chi connectivity index (χ0) is 18.5. The maximum Gasteiger partial charge on any atom is 0.289 e. The van der Waals surface area contributed by atoms with Crippen LogP contribution in [0.3, 0.4) is 0 Å². The second kappa shape index (κ2) is 7.95. The molecule has 6 nitrogen and oxygen atoms in total. The molecule has 1 atom stereocenters. The molecular formula is C19H20FN3O3. The predicted molar refractivity (Wildman–Crippen MR) is 92.9 cm³/mol. The van der Waals surface area contributed by atoms with Gasteiger partial charge in [-0.1, -0.05) is 12.1 Å². The highest BCUT2D eigenvalue weighted by atomic mass is 19.1. The second-order valence-corrected chi connectivity index (χ2v) is 6.00. The minimum atomic E-state index is -0.321. The highest BCUT2D eigenvalue weighted by molar-refractivity contribution is 5.91. The average molecular weight is 357 g/mol. The van der Waals surface area contributed by atoms with Crippen molar-refractivity contribution in [3.05, 3.63) is 60.1 Å². The lowest BCUT2D eigenvalue weighted by Crippen LogP contribution is -2.39. The van der Waals surface area contributed by atoms with Gasteiger partial charge in [-0.05, 0) is 49.7 Å². The molecule has 0 aliphatic heterocycles. The van der Waals surface area contributed by atoms with Crippen LogP contribution < -0.4 is 0 Å². The fourth-order valence-corrected chi connectivity index (χ4v) is 2.57. The Morgan fingerprint density at radius 2 is 2.04 bits per heavy atom. The fraction of sp³-hybridized carbons (Fsp3) is 0.316. The zero-order valence-electron chi connectivity index (χ0n) is 14.7. The number of carbonyl (C=O) groups is 1. The van der Waals surface area contributed by atoms with E-state index in [9.17, 15) is 9.18 Å². The van der Waals surface area contributed by atoms with Crippen LogP contribution in [-0.4, -0.2) is 33.5 Å². The van der Waals surface area contributed by atoms with Gasteiger partial charge in [0.25, 0.3) is 5.91 Å². The number of aromatic nitrogens is 2. The van der Waals surface area contributed by atoms with Gasteiger partial charge in [0, 0.05) is 24.6 Å². The van der Waals surface area contributed by atoms with Gasteiger partial charge in [0.15, 0.2) is 5.76 Å². The lowest BCUT2D eigenvalue weighted by atomic mass is 10.2. The summed E-state index contributed by atoms with van der Waals surface area (Å²) < 4.78 is 23.5. The Bertz CT molecular complexity index is 843. The molecular weight excluding hydrogens is 337 g/mol. The number of carbonyl (C=O) groups excluding carboxylic acids is 1. The third kappa shape index (κ3) is 3.99. The topological polar surface area (TPSA) is 72.4 Å². The summed E-state index contributed by atoms with van der Waals surface area (Å²) in [7, 11) is 0. The van der Waals surface area contributed by atoms with Gasteiger partial charge in [-0.2, -0.15) is 4.98 Å². The van der Waals surface area contributed by atoms with E-state index in [1.807, 2.05) is 13.8 Å². The summed E-state index contributed by atoms with van der Waals surface area (Å²) in [6.07, 6.45) is 2.72. The maximum absolute atomic E-state index is 13.0. The third-order valence-corrected chi connectivity index (χ3v) is 4.25. The Labute approximate surface area is 150 Å². The minimum absolute atomic E-state index is 0.0482. The Balaban J connectivity index is 1.69. The smallest absolute Gasteiger partial charge is 0.289 e. The third-order valence-electron chi connectivity index (χ3n) is 4.25. The Morgan fingerprint density at radius 3 is 2.69 bits per heavy atom. The summed E-state index contributed by atoms with van der Waals surface area (Å²) in [4.78, 5) is 18.7.